The summed E-state index contributed by atoms with van der Waals surface area (Å²) in [5.41, 5.74) is -1.93. The van der Waals surface area contributed by atoms with Gasteiger partial charge in [-0.15, -0.1) is 10.2 Å². The molecule has 3 aromatic rings. The maximum Gasteiger partial charge on any atom is 0.419 e. The highest BCUT2D eigenvalue weighted by molar-refractivity contribution is 5.95. The third-order valence-corrected chi connectivity index (χ3v) is 5.82. The molecule has 178 valence electrons. The molecule has 0 saturated carbocycles. The van der Waals surface area contributed by atoms with E-state index in [4.69, 9.17) is 9.47 Å². The minimum atomic E-state index is -4.94. The number of fused-ring (bicyclic) bond motifs is 4. The number of benzene rings is 1. The van der Waals surface area contributed by atoms with Crippen molar-refractivity contribution in [2.24, 2.45) is 0 Å². The number of nitrogens with zero attached hydrogens (tertiary/aromatic N) is 5. The average Bonchev–Trinajstić information content (AvgIpc) is 3.21. The molecule has 34 heavy (non-hydrogen) atoms. The van der Waals surface area contributed by atoms with Crippen molar-refractivity contribution in [3.05, 3.63) is 59.0 Å². The van der Waals surface area contributed by atoms with Crippen LogP contribution in [0.15, 0.2) is 30.5 Å². The van der Waals surface area contributed by atoms with Gasteiger partial charge in [0.25, 0.3) is 5.91 Å². The van der Waals surface area contributed by atoms with Gasteiger partial charge in [-0.2, -0.15) is 13.2 Å². The molecule has 2 bridgehead atoms. The standard InChI is InChI=1S/C21H16F5N5O3/c1-33-16-5-14(27-6-13(16)22)18-28-29-19-15-9-34-8-10(7-30(18)19)31(15)20(32)11-3-2-4-12(17(11)23)21(24,25)26/h2-6,10,15H,7-9H2,1H3. The number of carbonyl (C=O) groups is 1. The number of alkyl halides is 3. The molecule has 0 radical (unpaired) electrons. The first-order valence-electron chi connectivity index (χ1n) is 10.1. The summed E-state index contributed by atoms with van der Waals surface area (Å²) in [5, 5.41) is 8.25. The fraction of sp³-hybridized carbons (Fsp3) is 0.333. The van der Waals surface area contributed by atoms with Gasteiger partial charge in [-0.25, -0.2) is 13.8 Å². The van der Waals surface area contributed by atoms with E-state index in [0.29, 0.717) is 11.9 Å². The molecule has 1 aromatic carbocycles. The van der Waals surface area contributed by atoms with Crippen LogP contribution in [0.2, 0.25) is 0 Å². The van der Waals surface area contributed by atoms with E-state index in [1.54, 1.807) is 4.57 Å². The van der Waals surface area contributed by atoms with Crippen molar-refractivity contribution >= 4 is 5.91 Å². The Balaban J connectivity index is 1.54. The predicted molar refractivity (Wildman–Crippen MR) is 105 cm³/mol. The third-order valence-electron chi connectivity index (χ3n) is 5.82. The molecule has 0 N–H and O–H groups in total. The number of morpholine rings is 1. The Kier molecular flexibility index (Phi) is 5.23. The van der Waals surface area contributed by atoms with Crippen LogP contribution in [0.5, 0.6) is 5.75 Å². The van der Waals surface area contributed by atoms with Crippen molar-refractivity contribution in [1.29, 1.82) is 0 Å². The van der Waals surface area contributed by atoms with Gasteiger partial charge >= 0.3 is 6.18 Å². The van der Waals surface area contributed by atoms with Crippen molar-refractivity contribution in [2.75, 3.05) is 20.3 Å². The molecule has 2 aromatic heterocycles. The number of aromatic nitrogens is 4. The van der Waals surface area contributed by atoms with Gasteiger partial charge in [-0.05, 0) is 12.1 Å². The van der Waals surface area contributed by atoms with Crippen molar-refractivity contribution in [3.8, 4) is 17.3 Å². The van der Waals surface area contributed by atoms with Crippen molar-refractivity contribution in [1.82, 2.24) is 24.6 Å². The Bertz CT molecular complexity index is 1280. The molecule has 2 unspecified atom stereocenters. The van der Waals surface area contributed by atoms with Crippen LogP contribution in [0.25, 0.3) is 11.5 Å². The number of carbonyl (C=O) groups excluding carboxylic acids is 1. The van der Waals surface area contributed by atoms with E-state index in [2.05, 4.69) is 15.2 Å². The third kappa shape index (κ3) is 3.47. The number of methoxy groups -OCH3 is 1. The molecule has 4 heterocycles. The summed E-state index contributed by atoms with van der Waals surface area (Å²) in [7, 11) is 1.31. The second kappa shape index (κ2) is 8.01. The molecule has 1 fully saturated rings. The second-order valence-corrected chi connectivity index (χ2v) is 7.78. The Morgan fingerprint density at radius 2 is 2.00 bits per heavy atom. The molecular weight excluding hydrogens is 465 g/mol. The maximum absolute atomic E-state index is 14.7. The van der Waals surface area contributed by atoms with Crippen LogP contribution in [-0.2, 0) is 17.5 Å². The highest BCUT2D eigenvalue weighted by Crippen LogP contribution is 2.38. The van der Waals surface area contributed by atoms with Gasteiger partial charge < -0.3 is 18.9 Å². The van der Waals surface area contributed by atoms with Gasteiger partial charge in [0.2, 0.25) is 0 Å². The number of amides is 1. The quantitative estimate of drug-likeness (QED) is 0.535. The monoisotopic (exact) mass is 481 g/mol. The highest BCUT2D eigenvalue weighted by Gasteiger charge is 2.45. The lowest BCUT2D eigenvalue weighted by atomic mass is 10.0. The van der Waals surface area contributed by atoms with Gasteiger partial charge in [0, 0.05) is 12.6 Å². The minimum absolute atomic E-state index is 0.0128. The van der Waals surface area contributed by atoms with Crippen LogP contribution in [0.3, 0.4) is 0 Å². The maximum atomic E-state index is 14.7. The molecule has 2 aliphatic rings. The van der Waals surface area contributed by atoms with Gasteiger partial charge in [-0.1, -0.05) is 6.07 Å². The second-order valence-electron chi connectivity index (χ2n) is 7.78. The number of pyridine rings is 1. The van der Waals surface area contributed by atoms with Crippen LogP contribution in [0.4, 0.5) is 22.0 Å². The molecule has 2 atom stereocenters. The summed E-state index contributed by atoms with van der Waals surface area (Å²) >= 11 is 0. The van der Waals surface area contributed by atoms with Crippen molar-refractivity contribution < 1.29 is 36.2 Å². The first-order valence-corrected chi connectivity index (χ1v) is 10.1. The van der Waals surface area contributed by atoms with Gasteiger partial charge in [-0.3, -0.25) is 4.79 Å². The summed E-state index contributed by atoms with van der Waals surface area (Å²) in [4.78, 5) is 18.6. The molecular formula is C21H16F5N5O3. The first kappa shape index (κ1) is 22.2. The number of halogens is 5. The number of ether oxygens (including phenoxy) is 2. The van der Waals surface area contributed by atoms with E-state index in [9.17, 15) is 26.7 Å². The van der Waals surface area contributed by atoms with Crippen LogP contribution in [-0.4, -0.2) is 56.9 Å². The average molecular weight is 481 g/mol. The van der Waals surface area contributed by atoms with E-state index >= 15 is 0 Å². The lowest BCUT2D eigenvalue weighted by Gasteiger charge is -2.45. The summed E-state index contributed by atoms with van der Waals surface area (Å²) in [6.45, 7) is 0.170. The van der Waals surface area contributed by atoms with Crippen LogP contribution in [0.1, 0.15) is 27.8 Å². The molecule has 1 saturated heterocycles. The largest absolute Gasteiger partial charge is 0.494 e. The summed E-state index contributed by atoms with van der Waals surface area (Å²) in [5.74, 6) is -2.65. The zero-order chi connectivity index (χ0) is 24.2. The minimum Gasteiger partial charge on any atom is -0.494 e. The van der Waals surface area contributed by atoms with Crippen molar-refractivity contribution in [3.63, 3.8) is 0 Å². The lowest BCUT2D eigenvalue weighted by molar-refractivity contribution is -0.140. The Labute approximate surface area is 188 Å². The topological polar surface area (TPSA) is 82.4 Å². The Hall–Kier alpha value is -3.61. The fourth-order valence-corrected chi connectivity index (χ4v) is 4.27. The molecule has 2 aliphatic heterocycles. The van der Waals surface area contributed by atoms with E-state index in [1.165, 1.54) is 18.1 Å². The first-order chi connectivity index (χ1) is 16.2. The van der Waals surface area contributed by atoms with E-state index < -0.39 is 46.9 Å². The zero-order valence-corrected chi connectivity index (χ0v) is 17.5. The van der Waals surface area contributed by atoms with Gasteiger partial charge in [0.05, 0.1) is 43.7 Å². The Morgan fingerprint density at radius 3 is 2.74 bits per heavy atom. The molecule has 1 amide bonds. The van der Waals surface area contributed by atoms with E-state index in [-0.39, 0.29) is 37.0 Å². The summed E-state index contributed by atoms with van der Waals surface area (Å²) < 4.78 is 80.2. The predicted octanol–water partition coefficient (Wildman–Crippen LogP) is 3.24. The highest BCUT2D eigenvalue weighted by atomic mass is 19.4. The number of rotatable bonds is 3. The lowest BCUT2D eigenvalue weighted by Crippen LogP contribution is -2.56. The van der Waals surface area contributed by atoms with Gasteiger partial charge in [0.1, 0.15) is 17.6 Å². The van der Waals surface area contributed by atoms with Crippen LogP contribution in [0, 0.1) is 11.6 Å². The number of hydrogen-bond acceptors (Lipinski definition) is 6. The Morgan fingerprint density at radius 1 is 1.21 bits per heavy atom. The molecule has 5 rings (SSSR count). The van der Waals surface area contributed by atoms with Gasteiger partial charge in [0.15, 0.2) is 23.2 Å². The normalized spacial score (nSPS) is 19.6. The van der Waals surface area contributed by atoms with Crippen LogP contribution >= 0.6 is 0 Å². The summed E-state index contributed by atoms with van der Waals surface area (Å²) in [6, 6.07) is 2.49. The smallest absolute Gasteiger partial charge is 0.419 e. The fourth-order valence-electron chi connectivity index (χ4n) is 4.27. The molecule has 8 nitrogen and oxygen atoms in total. The van der Waals surface area contributed by atoms with E-state index in [1.807, 2.05) is 0 Å². The van der Waals surface area contributed by atoms with E-state index in [0.717, 1.165) is 18.3 Å². The number of hydrogen-bond donors (Lipinski definition) is 0. The SMILES string of the molecule is COc1cc(-c2nnc3n2CC2COCC3N2C(=O)c2cccc(C(F)(F)F)c2F)ncc1F. The molecule has 13 heteroatoms. The van der Waals surface area contributed by atoms with Crippen molar-refractivity contribution in [2.45, 2.75) is 24.8 Å². The summed E-state index contributed by atoms with van der Waals surface area (Å²) in [6.07, 6.45) is -3.96. The zero-order valence-electron chi connectivity index (χ0n) is 17.5. The van der Waals surface area contributed by atoms with Crippen LogP contribution < -0.4 is 4.74 Å². The molecule has 0 aliphatic carbocycles. The molecule has 0 spiro atoms.